The van der Waals surface area contributed by atoms with Crippen LogP contribution in [0.25, 0.3) is 0 Å². The number of hydrogen-bond donors (Lipinski definition) is 2. The van der Waals surface area contributed by atoms with Crippen molar-refractivity contribution in [1.82, 2.24) is 5.32 Å². The molecule has 0 spiro atoms. The van der Waals surface area contributed by atoms with Crippen LogP contribution in [-0.2, 0) is 23.9 Å². The van der Waals surface area contributed by atoms with Gasteiger partial charge in [-0.25, -0.2) is 0 Å². The first kappa shape index (κ1) is 26.3. The lowest BCUT2D eigenvalue weighted by Crippen LogP contribution is -2.41. The van der Waals surface area contributed by atoms with E-state index >= 15 is 0 Å². The number of benzene rings is 1. The number of ether oxygens (including phenoxy) is 3. The Morgan fingerprint density at radius 1 is 1.18 bits per heavy atom. The number of rotatable bonds is 13. The zero-order valence-corrected chi connectivity index (χ0v) is 19.4. The lowest BCUT2D eigenvalue weighted by Gasteiger charge is -2.25. The quantitative estimate of drug-likeness (QED) is 0.341. The molecule has 0 saturated heterocycles. The number of carbonyl (C=O) groups excluding carboxylic acids is 3. The summed E-state index contributed by atoms with van der Waals surface area (Å²) in [6.45, 7) is 3.46. The number of methoxy groups -OCH3 is 1. The highest BCUT2D eigenvalue weighted by Crippen LogP contribution is 2.24. The third-order valence-electron chi connectivity index (χ3n) is 5.20. The first-order valence-electron chi connectivity index (χ1n) is 11.2. The number of allylic oxidation sites excluding steroid dienone is 3. The molecule has 1 aromatic carbocycles. The van der Waals surface area contributed by atoms with Crippen molar-refractivity contribution in [2.75, 3.05) is 13.7 Å². The van der Waals surface area contributed by atoms with Gasteiger partial charge in [0, 0.05) is 12.8 Å². The predicted octanol–water partition coefficient (Wildman–Crippen LogP) is 3.36. The lowest BCUT2D eigenvalue weighted by molar-refractivity contribution is -0.147. The molecule has 0 saturated carbocycles. The van der Waals surface area contributed by atoms with Gasteiger partial charge in [-0.1, -0.05) is 18.2 Å². The fraction of sp³-hybridized carbons (Fsp3) is 0.480. The Labute approximate surface area is 194 Å². The molecule has 2 rings (SSSR count). The first-order valence-corrected chi connectivity index (χ1v) is 11.2. The SMILES string of the molecule is CCOC(=O)C(CC1C=CC(OC(=O)CCCC(C)=O)=CC1)NC(O)c1ccc(OC)cc1. The van der Waals surface area contributed by atoms with Gasteiger partial charge in [0.05, 0.1) is 13.7 Å². The number of aliphatic hydroxyl groups excluding tert-OH is 1. The van der Waals surface area contributed by atoms with Crippen molar-refractivity contribution < 1.29 is 33.7 Å². The number of carbonyl (C=O) groups is 3. The molecule has 3 unspecified atom stereocenters. The van der Waals surface area contributed by atoms with E-state index in [2.05, 4.69) is 5.32 Å². The summed E-state index contributed by atoms with van der Waals surface area (Å²) in [7, 11) is 1.56. The average Bonchev–Trinajstić information content (AvgIpc) is 2.79. The summed E-state index contributed by atoms with van der Waals surface area (Å²) in [5.41, 5.74) is 0.600. The second kappa shape index (κ2) is 13.5. The van der Waals surface area contributed by atoms with E-state index in [9.17, 15) is 19.5 Å². The van der Waals surface area contributed by atoms with Gasteiger partial charge < -0.3 is 24.1 Å². The molecule has 2 N–H and O–H groups in total. The first-order chi connectivity index (χ1) is 15.8. The fourth-order valence-electron chi connectivity index (χ4n) is 3.41. The van der Waals surface area contributed by atoms with Crippen LogP contribution in [0.2, 0.25) is 0 Å². The van der Waals surface area contributed by atoms with Crippen LogP contribution in [0.4, 0.5) is 0 Å². The van der Waals surface area contributed by atoms with E-state index in [1.165, 1.54) is 6.92 Å². The third-order valence-corrected chi connectivity index (χ3v) is 5.20. The average molecular weight is 460 g/mol. The second-order valence-corrected chi connectivity index (χ2v) is 7.87. The van der Waals surface area contributed by atoms with Crippen molar-refractivity contribution in [2.45, 2.75) is 58.2 Å². The molecule has 8 heteroatoms. The maximum Gasteiger partial charge on any atom is 0.323 e. The number of aliphatic hydroxyl groups is 1. The molecule has 180 valence electrons. The number of ketones is 1. The van der Waals surface area contributed by atoms with Crippen LogP contribution in [0.1, 0.15) is 57.7 Å². The Hall–Kier alpha value is -2.97. The fourth-order valence-corrected chi connectivity index (χ4v) is 3.41. The molecule has 1 aromatic rings. The molecule has 8 nitrogen and oxygen atoms in total. The van der Waals surface area contributed by atoms with Crippen molar-refractivity contribution in [3.05, 3.63) is 53.8 Å². The van der Waals surface area contributed by atoms with Gasteiger partial charge in [0.15, 0.2) is 0 Å². The second-order valence-electron chi connectivity index (χ2n) is 7.87. The van der Waals surface area contributed by atoms with Gasteiger partial charge in [0.1, 0.15) is 29.6 Å². The van der Waals surface area contributed by atoms with Gasteiger partial charge in [0.25, 0.3) is 0 Å². The Morgan fingerprint density at radius 3 is 2.48 bits per heavy atom. The molecule has 0 aromatic heterocycles. The highest BCUT2D eigenvalue weighted by Gasteiger charge is 2.26. The van der Waals surface area contributed by atoms with E-state index < -0.39 is 18.2 Å². The highest BCUT2D eigenvalue weighted by molar-refractivity contribution is 5.77. The lowest BCUT2D eigenvalue weighted by atomic mass is 9.92. The summed E-state index contributed by atoms with van der Waals surface area (Å²) in [5.74, 6) is 0.351. The zero-order chi connectivity index (χ0) is 24.2. The molecular formula is C25H33NO7. The molecule has 0 aliphatic heterocycles. The van der Waals surface area contributed by atoms with Crippen LogP contribution in [0.3, 0.4) is 0 Å². The molecule has 0 bridgehead atoms. The summed E-state index contributed by atoms with van der Waals surface area (Å²) < 4.78 is 15.6. The Balaban J connectivity index is 1.92. The predicted molar refractivity (Wildman–Crippen MR) is 122 cm³/mol. The van der Waals surface area contributed by atoms with Gasteiger partial charge >= 0.3 is 11.9 Å². The molecular weight excluding hydrogens is 426 g/mol. The van der Waals surface area contributed by atoms with E-state index in [1.807, 2.05) is 6.08 Å². The van der Waals surface area contributed by atoms with E-state index in [-0.39, 0.29) is 30.7 Å². The van der Waals surface area contributed by atoms with E-state index in [4.69, 9.17) is 14.2 Å². The molecule has 0 amide bonds. The van der Waals surface area contributed by atoms with Gasteiger partial charge in [-0.15, -0.1) is 0 Å². The van der Waals surface area contributed by atoms with Gasteiger partial charge in [-0.05, 0) is 68.9 Å². The topological polar surface area (TPSA) is 111 Å². The van der Waals surface area contributed by atoms with Crippen LogP contribution in [0.15, 0.2) is 48.3 Å². The Morgan fingerprint density at radius 2 is 1.91 bits per heavy atom. The van der Waals surface area contributed by atoms with Crippen LogP contribution < -0.4 is 10.1 Å². The van der Waals surface area contributed by atoms with Crippen molar-refractivity contribution >= 4 is 17.7 Å². The smallest absolute Gasteiger partial charge is 0.323 e. The number of esters is 2. The minimum Gasteiger partial charge on any atom is -0.497 e. The Kier molecular flexibility index (Phi) is 10.8. The summed E-state index contributed by atoms with van der Waals surface area (Å²) in [5, 5.41) is 13.5. The summed E-state index contributed by atoms with van der Waals surface area (Å²) in [6.07, 6.45) is 6.32. The molecule has 33 heavy (non-hydrogen) atoms. The molecule has 0 heterocycles. The van der Waals surface area contributed by atoms with Gasteiger partial charge in [0.2, 0.25) is 0 Å². The number of nitrogens with one attached hydrogen (secondary N) is 1. The van der Waals surface area contributed by atoms with Gasteiger partial charge in [-0.2, -0.15) is 0 Å². The molecule has 1 aliphatic rings. The van der Waals surface area contributed by atoms with Crippen molar-refractivity contribution in [2.24, 2.45) is 5.92 Å². The van der Waals surface area contributed by atoms with Crippen molar-refractivity contribution in [1.29, 1.82) is 0 Å². The minimum absolute atomic E-state index is 0.00450. The van der Waals surface area contributed by atoms with Crippen LogP contribution >= 0.6 is 0 Å². The van der Waals surface area contributed by atoms with Crippen molar-refractivity contribution in [3.8, 4) is 5.75 Å². The largest absolute Gasteiger partial charge is 0.497 e. The van der Waals surface area contributed by atoms with Crippen LogP contribution in [-0.4, -0.2) is 42.6 Å². The zero-order valence-electron chi connectivity index (χ0n) is 19.4. The van der Waals surface area contributed by atoms with Gasteiger partial charge in [-0.3, -0.25) is 14.9 Å². The van der Waals surface area contributed by atoms with E-state index in [0.717, 1.165) is 0 Å². The molecule has 3 atom stereocenters. The number of hydrogen-bond acceptors (Lipinski definition) is 8. The highest BCUT2D eigenvalue weighted by atomic mass is 16.5. The van der Waals surface area contributed by atoms with Crippen LogP contribution in [0.5, 0.6) is 5.75 Å². The number of Topliss-reactive ketones (excluding diaryl/α,β-unsaturated/α-hetero) is 1. The van der Waals surface area contributed by atoms with E-state index in [1.54, 1.807) is 50.5 Å². The molecule has 0 fully saturated rings. The molecule has 0 radical (unpaired) electrons. The maximum absolute atomic E-state index is 12.5. The summed E-state index contributed by atoms with van der Waals surface area (Å²) >= 11 is 0. The summed E-state index contributed by atoms with van der Waals surface area (Å²) in [4.78, 5) is 35.4. The minimum atomic E-state index is -1.06. The third kappa shape index (κ3) is 9.19. The monoisotopic (exact) mass is 459 g/mol. The normalized spacial score (nSPS) is 17.0. The van der Waals surface area contributed by atoms with Crippen molar-refractivity contribution in [3.63, 3.8) is 0 Å². The maximum atomic E-state index is 12.5. The standard InChI is InChI=1S/C25H33NO7/c1-4-32-25(30)22(26-24(29)19-10-14-20(31-3)15-11-19)16-18-8-12-21(13-9-18)33-23(28)7-5-6-17(2)27/h8,10-15,18,22,24,26,29H,4-7,9,16H2,1-3H3. The van der Waals surface area contributed by atoms with Crippen LogP contribution in [0, 0.1) is 5.92 Å². The van der Waals surface area contributed by atoms with E-state index in [0.29, 0.717) is 42.8 Å². The Bertz CT molecular complexity index is 860. The molecule has 1 aliphatic carbocycles. The summed E-state index contributed by atoms with van der Waals surface area (Å²) in [6, 6.07) is 6.19.